The van der Waals surface area contributed by atoms with E-state index in [1.807, 2.05) is 0 Å². The van der Waals surface area contributed by atoms with Gasteiger partial charge in [-0.25, -0.2) is 0 Å². The normalized spacial score (nSPS) is 23.1. The predicted molar refractivity (Wildman–Crippen MR) is 79.0 cm³/mol. The van der Waals surface area contributed by atoms with Gasteiger partial charge in [0.1, 0.15) is 0 Å². The maximum Gasteiger partial charge on any atom is 0.0396 e. The topological polar surface area (TPSA) is 29.3 Å². The molecule has 1 unspecified atom stereocenters. The summed E-state index contributed by atoms with van der Waals surface area (Å²) < 4.78 is 0. The minimum atomic E-state index is 0.361. The van der Waals surface area contributed by atoms with Gasteiger partial charge in [-0.2, -0.15) is 0 Å². The second-order valence-corrected chi connectivity index (χ2v) is 6.26. The van der Waals surface area contributed by atoms with Crippen LogP contribution in [0.1, 0.15) is 32.3 Å². The van der Waals surface area contributed by atoms with Crippen molar-refractivity contribution in [1.29, 1.82) is 0 Å². The zero-order chi connectivity index (χ0) is 13.2. The molecule has 18 heavy (non-hydrogen) atoms. The standard InChI is InChI=1S/C16H26N2/c1-13-6-4-5-7-15(13)18-11-9-14(8-10-17)16(2,3)12-18/h4-7,14H,8-12,17H2,1-3H3. The Balaban J connectivity index is 2.14. The Morgan fingerprint density at radius 3 is 2.67 bits per heavy atom. The van der Waals surface area contributed by atoms with Crippen LogP contribution in [0.5, 0.6) is 0 Å². The molecule has 0 spiro atoms. The summed E-state index contributed by atoms with van der Waals surface area (Å²) in [7, 11) is 0. The van der Waals surface area contributed by atoms with Crippen molar-refractivity contribution in [3.8, 4) is 0 Å². The molecule has 0 amide bonds. The fraction of sp³-hybridized carbons (Fsp3) is 0.625. The highest BCUT2D eigenvalue weighted by Gasteiger charge is 2.35. The van der Waals surface area contributed by atoms with Crippen molar-refractivity contribution in [3.05, 3.63) is 29.8 Å². The van der Waals surface area contributed by atoms with Gasteiger partial charge in [-0.3, -0.25) is 0 Å². The molecule has 2 nitrogen and oxygen atoms in total. The van der Waals surface area contributed by atoms with Crippen molar-refractivity contribution in [1.82, 2.24) is 0 Å². The zero-order valence-corrected chi connectivity index (χ0v) is 11.9. The maximum atomic E-state index is 5.74. The van der Waals surface area contributed by atoms with Crippen molar-refractivity contribution < 1.29 is 0 Å². The van der Waals surface area contributed by atoms with Gasteiger partial charge in [0.2, 0.25) is 0 Å². The fourth-order valence-electron chi connectivity index (χ4n) is 3.26. The van der Waals surface area contributed by atoms with Crippen LogP contribution in [0.25, 0.3) is 0 Å². The first-order valence-electron chi connectivity index (χ1n) is 7.05. The van der Waals surface area contributed by atoms with Gasteiger partial charge < -0.3 is 10.6 Å². The number of aryl methyl sites for hydroxylation is 1. The van der Waals surface area contributed by atoms with E-state index in [2.05, 4.69) is 49.9 Å². The number of hydrogen-bond donors (Lipinski definition) is 1. The van der Waals surface area contributed by atoms with Crippen LogP contribution in [0.2, 0.25) is 0 Å². The quantitative estimate of drug-likeness (QED) is 0.887. The van der Waals surface area contributed by atoms with Crippen LogP contribution in [0.4, 0.5) is 5.69 Å². The van der Waals surface area contributed by atoms with Crippen molar-refractivity contribution in [2.45, 2.75) is 33.6 Å². The summed E-state index contributed by atoms with van der Waals surface area (Å²) in [6.07, 6.45) is 2.42. The van der Waals surface area contributed by atoms with Gasteiger partial charge in [-0.05, 0) is 49.3 Å². The molecule has 0 aliphatic carbocycles. The van der Waals surface area contributed by atoms with E-state index in [4.69, 9.17) is 5.73 Å². The highest BCUT2D eigenvalue weighted by Crippen LogP contribution is 2.39. The first kappa shape index (κ1) is 13.4. The number of nitrogens with zero attached hydrogens (tertiary/aromatic N) is 1. The number of piperidine rings is 1. The summed E-state index contributed by atoms with van der Waals surface area (Å²) in [5.41, 5.74) is 8.88. The van der Waals surface area contributed by atoms with Crippen molar-refractivity contribution in [3.63, 3.8) is 0 Å². The molecule has 1 aromatic rings. The van der Waals surface area contributed by atoms with Crippen molar-refractivity contribution >= 4 is 5.69 Å². The van der Waals surface area contributed by atoms with Crippen LogP contribution in [0.3, 0.4) is 0 Å². The number of benzene rings is 1. The van der Waals surface area contributed by atoms with Gasteiger partial charge in [0.15, 0.2) is 0 Å². The average molecular weight is 246 g/mol. The molecule has 2 N–H and O–H groups in total. The zero-order valence-electron chi connectivity index (χ0n) is 11.9. The van der Waals surface area contributed by atoms with Crippen LogP contribution in [-0.2, 0) is 0 Å². The van der Waals surface area contributed by atoms with Gasteiger partial charge >= 0.3 is 0 Å². The first-order chi connectivity index (χ1) is 8.54. The second-order valence-electron chi connectivity index (χ2n) is 6.26. The van der Waals surface area contributed by atoms with Gasteiger partial charge in [0.25, 0.3) is 0 Å². The van der Waals surface area contributed by atoms with Crippen LogP contribution in [0, 0.1) is 18.3 Å². The van der Waals surface area contributed by atoms with E-state index in [1.54, 1.807) is 0 Å². The molecule has 2 rings (SSSR count). The number of nitrogens with two attached hydrogens (primary N) is 1. The Morgan fingerprint density at radius 2 is 2.06 bits per heavy atom. The number of rotatable bonds is 3. The molecule has 0 bridgehead atoms. The second kappa shape index (κ2) is 5.31. The lowest BCUT2D eigenvalue weighted by molar-refractivity contribution is 0.167. The van der Waals surface area contributed by atoms with E-state index in [1.165, 1.54) is 24.2 Å². The summed E-state index contributed by atoms with van der Waals surface area (Å²) in [6, 6.07) is 8.70. The molecule has 1 aliphatic rings. The van der Waals surface area contributed by atoms with Gasteiger partial charge in [0.05, 0.1) is 0 Å². The fourth-order valence-corrected chi connectivity index (χ4v) is 3.26. The lowest BCUT2D eigenvalue weighted by atomic mass is 9.72. The Labute approximate surface area is 111 Å². The van der Waals surface area contributed by atoms with E-state index < -0.39 is 0 Å². The van der Waals surface area contributed by atoms with E-state index in [9.17, 15) is 0 Å². The van der Waals surface area contributed by atoms with E-state index >= 15 is 0 Å². The molecule has 0 radical (unpaired) electrons. The van der Waals surface area contributed by atoms with E-state index in [0.29, 0.717) is 5.41 Å². The van der Waals surface area contributed by atoms with Gasteiger partial charge in [0, 0.05) is 18.8 Å². The van der Waals surface area contributed by atoms with Crippen LogP contribution < -0.4 is 10.6 Å². The smallest absolute Gasteiger partial charge is 0.0396 e. The molecule has 2 heteroatoms. The summed E-state index contributed by atoms with van der Waals surface area (Å²) >= 11 is 0. The monoisotopic (exact) mass is 246 g/mol. The highest BCUT2D eigenvalue weighted by atomic mass is 15.1. The van der Waals surface area contributed by atoms with Gasteiger partial charge in [-0.15, -0.1) is 0 Å². The van der Waals surface area contributed by atoms with Crippen molar-refractivity contribution in [2.24, 2.45) is 17.1 Å². The Bertz CT molecular complexity index is 398. The Morgan fingerprint density at radius 1 is 1.33 bits per heavy atom. The third-order valence-corrected chi connectivity index (χ3v) is 4.42. The molecule has 100 valence electrons. The SMILES string of the molecule is Cc1ccccc1N1CCC(CCN)C(C)(C)C1. The molecule has 1 heterocycles. The number of hydrogen-bond acceptors (Lipinski definition) is 2. The predicted octanol–water partition coefficient (Wildman–Crippen LogP) is 3.20. The van der Waals surface area contributed by atoms with Gasteiger partial charge in [-0.1, -0.05) is 32.0 Å². The summed E-state index contributed by atoms with van der Waals surface area (Å²) in [5, 5.41) is 0. The van der Waals surface area contributed by atoms with Crippen LogP contribution >= 0.6 is 0 Å². The molecule has 1 atom stereocenters. The highest BCUT2D eigenvalue weighted by molar-refractivity contribution is 5.53. The van der Waals surface area contributed by atoms with Crippen LogP contribution in [-0.4, -0.2) is 19.6 Å². The molecule has 1 saturated heterocycles. The van der Waals surface area contributed by atoms with E-state index in [-0.39, 0.29) is 0 Å². The largest absolute Gasteiger partial charge is 0.371 e. The molecule has 1 aliphatic heterocycles. The van der Waals surface area contributed by atoms with Crippen LogP contribution in [0.15, 0.2) is 24.3 Å². The maximum absolute atomic E-state index is 5.74. The first-order valence-corrected chi connectivity index (χ1v) is 7.05. The molecule has 0 aromatic heterocycles. The molecule has 0 saturated carbocycles. The lowest BCUT2D eigenvalue weighted by Crippen LogP contribution is -2.46. The van der Waals surface area contributed by atoms with E-state index in [0.717, 1.165) is 25.4 Å². The summed E-state index contributed by atoms with van der Waals surface area (Å²) in [5.74, 6) is 0.766. The lowest BCUT2D eigenvalue weighted by Gasteiger charge is -2.45. The van der Waals surface area contributed by atoms with Crippen molar-refractivity contribution in [2.75, 3.05) is 24.5 Å². The average Bonchev–Trinajstić information content (AvgIpc) is 2.32. The molecule has 1 aromatic carbocycles. The Hall–Kier alpha value is -1.02. The third kappa shape index (κ3) is 2.69. The minimum absolute atomic E-state index is 0.361. The summed E-state index contributed by atoms with van der Waals surface area (Å²) in [6.45, 7) is 10.1. The molecular formula is C16H26N2. The number of para-hydroxylation sites is 1. The number of anilines is 1. The molecular weight excluding hydrogens is 220 g/mol. The summed E-state index contributed by atoms with van der Waals surface area (Å²) in [4.78, 5) is 2.54. The Kier molecular flexibility index (Phi) is 3.96. The minimum Gasteiger partial charge on any atom is -0.371 e. The molecule has 1 fully saturated rings. The third-order valence-electron chi connectivity index (χ3n) is 4.42.